The summed E-state index contributed by atoms with van der Waals surface area (Å²) in [6.45, 7) is 0. The van der Waals surface area contributed by atoms with Crippen LogP contribution in [0.4, 0.5) is 0 Å². The molecular weight excluding hydrogens is 256 g/mol. The molecule has 0 fully saturated rings. The molecule has 1 aromatic heterocycles. The zero-order valence-electron chi connectivity index (χ0n) is 7.33. The van der Waals surface area contributed by atoms with Crippen molar-refractivity contribution in [3.05, 3.63) is 56.7 Å². The summed E-state index contributed by atoms with van der Waals surface area (Å²) in [7, 11) is 0. The summed E-state index contributed by atoms with van der Waals surface area (Å²) in [6, 6.07) is 12.0. The van der Waals surface area contributed by atoms with Crippen LogP contribution >= 0.6 is 27.3 Å². The monoisotopic (exact) mass is 262 g/mol. The Kier molecular flexibility index (Phi) is 3.03. The number of hydrogen-bond acceptors (Lipinski definition) is 1. The van der Waals surface area contributed by atoms with Crippen LogP contribution in [-0.4, -0.2) is 0 Å². The van der Waals surface area contributed by atoms with E-state index in [9.17, 15) is 0 Å². The predicted octanol–water partition coefficient (Wildman–Crippen LogP) is 3.91. The van der Waals surface area contributed by atoms with E-state index in [1.54, 1.807) is 11.3 Å². The van der Waals surface area contributed by atoms with Gasteiger partial charge in [-0.15, -0.1) is 11.3 Å². The van der Waals surface area contributed by atoms with Crippen LogP contribution in [0.3, 0.4) is 0 Å². The van der Waals surface area contributed by atoms with Crippen LogP contribution in [0.5, 0.6) is 0 Å². The van der Waals surface area contributed by atoms with Gasteiger partial charge in [-0.1, -0.05) is 24.1 Å². The second-order valence-corrected chi connectivity index (χ2v) is 4.48. The van der Waals surface area contributed by atoms with Crippen molar-refractivity contribution >= 4 is 27.3 Å². The normalized spacial score (nSPS) is 9.21. The SMILES string of the molecule is Brc1ccsc1C#Cc1ccccc1. The standard InChI is InChI=1S/C12H7BrS/c13-11-8-9-14-12(11)7-6-10-4-2-1-3-5-10/h1-5,8-9H. The first kappa shape index (κ1) is 9.51. The minimum Gasteiger partial charge on any atom is -0.134 e. The third-order valence-electron chi connectivity index (χ3n) is 1.71. The van der Waals surface area contributed by atoms with Crippen LogP contribution in [-0.2, 0) is 0 Å². The first-order chi connectivity index (χ1) is 6.86. The molecule has 14 heavy (non-hydrogen) atoms. The molecule has 0 saturated carbocycles. The van der Waals surface area contributed by atoms with E-state index in [0.717, 1.165) is 14.9 Å². The van der Waals surface area contributed by atoms with E-state index >= 15 is 0 Å². The van der Waals surface area contributed by atoms with E-state index in [4.69, 9.17) is 0 Å². The molecule has 0 radical (unpaired) electrons. The lowest BCUT2D eigenvalue weighted by atomic mass is 10.2. The molecular formula is C12H7BrS. The molecule has 0 unspecified atom stereocenters. The average Bonchev–Trinajstić information content (AvgIpc) is 2.63. The van der Waals surface area contributed by atoms with Gasteiger partial charge in [-0.2, -0.15) is 0 Å². The van der Waals surface area contributed by atoms with Gasteiger partial charge in [-0.05, 0) is 45.4 Å². The molecule has 0 aliphatic heterocycles. The van der Waals surface area contributed by atoms with Crippen molar-refractivity contribution in [3.8, 4) is 11.8 Å². The van der Waals surface area contributed by atoms with Crippen molar-refractivity contribution in [1.29, 1.82) is 0 Å². The molecule has 2 aromatic rings. The number of benzene rings is 1. The van der Waals surface area contributed by atoms with Gasteiger partial charge in [0.1, 0.15) is 0 Å². The molecule has 0 saturated heterocycles. The Balaban J connectivity index is 2.28. The van der Waals surface area contributed by atoms with E-state index in [1.807, 2.05) is 41.8 Å². The Morgan fingerprint density at radius 2 is 1.79 bits per heavy atom. The minimum absolute atomic E-state index is 1.05. The molecule has 1 aromatic carbocycles. The van der Waals surface area contributed by atoms with Crippen molar-refractivity contribution in [2.75, 3.05) is 0 Å². The van der Waals surface area contributed by atoms with E-state index in [0.29, 0.717) is 0 Å². The summed E-state index contributed by atoms with van der Waals surface area (Å²) in [5, 5.41) is 2.03. The zero-order chi connectivity index (χ0) is 9.80. The van der Waals surface area contributed by atoms with Gasteiger partial charge < -0.3 is 0 Å². The quantitative estimate of drug-likeness (QED) is 0.632. The molecule has 0 atom stereocenters. The van der Waals surface area contributed by atoms with E-state index < -0.39 is 0 Å². The molecule has 1 heterocycles. The third-order valence-corrected chi connectivity index (χ3v) is 3.46. The lowest BCUT2D eigenvalue weighted by Gasteiger charge is -1.86. The summed E-state index contributed by atoms with van der Waals surface area (Å²) in [4.78, 5) is 1.08. The maximum Gasteiger partial charge on any atom is 0.0914 e. The average molecular weight is 263 g/mol. The van der Waals surface area contributed by atoms with Crippen LogP contribution in [0.25, 0.3) is 0 Å². The largest absolute Gasteiger partial charge is 0.134 e. The summed E-state index contributed by atoms with van der Waals surface area (Å²) < 4.78 is 1.07. The minimum atomic E-state index is 1.05. The molecule has 2 heteroatoms. The Morgan fingerprint density at radius 1 is 1.00 bits per heavy atom. The maximum absolute atomic E-state index is 3.45. The molecule has 0 N–H and O–H groups in total. The molecule has 0 bridgehead atoms. The van der Waals surface area contributed by atoms with Crippen molar-refractivity contribution in [1.82, 2.24) is 0 Å². The van der Waals surface area contributed by atoms with Crippen LogP contribution < -0.4 is 0 Å². The molecule has 0 aliphatic carbocycles. The lowest BCUT2D eigenvalue weighted by molar-refractivity contribution is 1.65. The Bertz CT molecular complexity index is 474. The van der Waals surface area contributed by atoms with Crippen LogP contribution in [0.2, 0.25) is 0 Å². The van der Waals surface area contributed by atoms with Crippen molar-refractivity contribution in [3.63, 3.8) is 0 Å². The van der Waals surface area contributed by atoms with Crippen LogP contribution in [0.15, 0.2) is 46.3 Å². The van der Waals surface area contributed by atoms with Gasteiger partial charge in [0.15, 0.2) is 0 Å². The fourth-order valence-electron chi connectivity index (χ4n) is 1.03. The summed E-state index contributed by atoms with van der Waals surface area (Å²) in [6.07, 6.45) is 0. The van der Waals surface area contributed by atoms with Crippen LogP contribution in [0, 0.1) is 11.8 Å². The van der Waals surface area contributed by atoms with Gasteiger partial charge in [0.25, 0.3) is 0 Å². The highest BCUT2D eigenvalue weighted by molar-refractivity contribution is 9.10. The van der Waals surface area contributed by atoms with Gasteiger partial charge in [0.2, 0.25) is 0 Å². The van der Waals surface area contributed by atoms with Crippen molar-refractivity contribution in [2.24, 2.45) is 0 Å². The fourth-order valence-corrected chi connectivity index (χ4v) is 2.35. The highest BCUT2D eigenvalue weighted by atomic mass is 79.9. The molecule has 68 valence electrons. The summed E-state index contributed by atoms with van der Waals surface area (Å²) >= 11 is 5.10. The smallest absolute Gasteiger partial charge is 0.0914 e. The topological polar surface area (TPSA) is 0 Å². The van der Waals surface area contributed by atoms with Gasteiger partial charge in [-0.25, -0.2) is 0 Å². The Hall–Kier alpha value is -1.04. The second-order valence-electron chi connectivity index (χ2n) is 2.71. The molecule has 0 spiro atoms. The number of thiophene rings is 1. The van der Waals surface area contributed by atoms with E-state index in [2.05, 4.69) is 27.8 Å². The van der Waals surface area contributed by atoms with E-state index in [1.165, 1.54) is 0 Å². The van der Waals surface area contributed by atoms with E-state index in [-0.39, 0.29) is 0 Å². The molecule has 0 nitrogen and oxygen atoms in total. The first-order valence-corrected chi connectivity index (χ1v) is 5.83. The fraction of sp³-hybridized carbons (Fsp3) is 0. The first-order valence-electron chi connectivity index (χ1n) is 4.16. The summed E-state index contributed by atoms with van der Waals surface area (Å²) in [5.41, 5.74) is 1.05. The van der Waals surface area contributed by atoms with Gasteiger partial charge in [0, 0.05) is 10.0 Å². The van der Waals surface area contributed by atoms with Crippen molar-refractivity contribution in [2.45, 2.75) is 0 Å². The second kappa shape index (κ2) is 4.45. The van der Waals surface area contributed by atoms with Gasteiger partial charge >= 0.3 is 0 Å². The number of halogens is 1. The number of hydrogen-bond donors (Lipinski definition) is 0. The molecule has 0 aliphatic rings. The van der Waals surface area contributed by atoms with Crippen LogP contribution in [0.1, 0.15) is 10.4 Å². The number of rotatable bonds is 0. The summed E-state index contributed by atoms with van der Waals surface area (Å²) in [5.74, 6) is 6.25. The Labute approximate surface area is 95.7 Å². The molecule has 0 amide bonds. The lowest BCUT2D eigenvalue weighted by Crippen LogP contribution is -1.71. The highest BCUT2D eigenvalue weighted by Gasteiger charge is 1.94. The van der Waals surface area contributed by atoms with Gasteiger partial charge in [0.05, 0.1) is 4.88 Å². The molecule has 2 rings (SSSR count). The Morgan fingerprint density at radius 3 is 2.43 bits per heavy atom. The van der Waals surface area contributed by atoms with Crippen molar-refractivity contribution < 1.29 is 0 Å². The zero-order valence-corrected chi connectivity index (χ0v) is 9.73. The van der Waals surface area contributed by atoms with Gasteiger partial charge in [-0.3, -0.25) is 0 Å². The highest BCUT2D eigenvalue weighted by Crippen LogP contribution is 2.21. The maximum atomic E-state index is 3.45. The predicted molar refractivity (Wildman–Crippen MR) is 64.4 cm³/mol. The third kappa shape index (κ3) is 2.25.